The van der Waals surface area contributed by atoms with E-state index >= 15 is 0 Å². The van der Waals surface area contributed by atoms with Gasteiger partial charge in [-0.15, -0.1) is 0 Å². The van der Waals surface area contributed by atoms with Crippen molar-refractivity contribution in [2.45, 2.75) is 13.5 Å². The number of amides is 1. The molecule has 1 aliphatic rings. The Labute approximate surface area is 171 Å². The number of carbonyl (C=O) groups is 1. The molecule has 0 radical (unpaired) electrons. The Kier molecular flexibility index (Phi) is 5.25. The van der Waals surface area contributed by atoms with Gasteiger partial charge in [-0.2, -0.15) is 5.10 Å². The summed E-state index contributed by atoms with van der Waals surface area (Å²) in [6.07, 6.45) is 1.39. The highest BCUT2D eigenvalue weighted by atomic mass is 16.5. The van der Waals surface area contributed by atoms with Crippen LogP contribution in [-0.2, 0) is 11.3 Å². The molecule has 0 atom stereocenters. The van der Waals surface area contributed by atoms with Crippen LogP contribution in [0, 0.1) is 0 Å². The van der Waals surface area contributed by atoms with Gasteiger partial charge in [0.1, 0.15) is 11.6 Å². The van der Waals surface area contributed by atoms with E-state index in [1.165, 1.54) is 6.08 Å². The maximum Gasteiger partial charge on any atom is 0.246 e. The fourth-order valence-electron chi connectivity index (χ4n) is 3.92. The Balaban J connectivity index is 1.67. The summed E-state index contributed by atoms with van der Waals surface area (Å²) in [5.41, 5.74) is 3.20. The van der Waals surface area contributed by atoms with E-state index in [-0.39, 0.29) is 5.91 Å². The molecule has 0 unspecified atom stereocenters. The Morgan fingerprint density at radius 1 is 1.14 bits per heavy atom. The summed E-state index contributed by atoms with van der Waals surface area (Å²) in [4.78, 5) is 16.1. The van der Waals surface area contributed by atoms with Gasteiger partial charge in [0, 0.05) is 38.1 Å². The summed E-state index contributed by atoms with van der Waals surface area (Å²) < 4.78 is 7.42. The van der Waals surface area contributed by atoms with Gasteiger partial charge in [-0.05, 0) is 48.4 Å². The molecular formula is C23H26N4O2. The van der Waals surface area contributed by atoms with Crippen LogP contribution in [0.1, 0.15) is 6.92 Å². The first-order valence-electron chi connectivity index (χ1n) is 9.96. The van der Waals surface area contributed by atoms with Gasteiger partial charge in [-0.25, -0.2) is 4.68 Å². The number of hydrogen-bond donors (Lipinski definition) is 0. The Morgan fingerprint density at radius 3 is 2.59 bits per heavy atom. The standard InChI is InChI=1S/C23H26N4O2/c1-4-22(28)25-11-13-26(14-12-25)23-20-10-9-18(16-21(20)24-27(23)5-2)17-7-6-8-19(15-17)29-3/h4,6-10,15-16H,1,5,11-14H2,2-3H3. The van der Waals surface area contributed by atoms with Crippen LogP contribution in [0.15, 0.2) is 55.1 Å². The molecule has 0 bridgehead atoms. The number of carbonyl (C=O) groups excluding carboxylic acids is 1. The summed E-state index contributed by atoms with van der Waals surface area (Å²) in [5, 5.41) is 5.99. The lowest BCUT2D eigenvalue weighted by Crippen LogP contribution is -2.48. The predicted molar refractivity (Wildman–Crippen MR) is 116 cm³/mol. The third-order valence-corrected chi connectivity index (χ3v) is 5.48. The Hall–Kier alpha value is -3.28. The van der Waals surface area contributed by atoms with Crippen molar-refractivity contribution >= 4 is 22.6 Å². The quantitative estimate of drug-likeness (QED) is 0.625. The van der Waals surface area contributed by atoms with E-state index in [9.17, 15) is 4.79 Å². The van der Waals surface area contributed by atoms with Gasteiger partial charge in [-0.3, -0.25) is 4.79 Å². The SMILES string of the molecule is C=CC(=O)N1CCN(c2c3ccc(-c4cccc(OC)c4)cc3nn2CC)CC1. The number of aromatic nitrogens is 2. The smallest absolute Gasteiger partial charge is 0.246 e. The van der Waals surface area contributed by atoms with Crippen molar-refractivity contribution in [3.05, 3.63) is 55.1 Å². The molecule has 3 aromatic rings. The van der Waals surface area contributed by atoms with Crippen molar-refractivity contribution in [2.24, 2.45) is 0 Å². The predicted octanol–water partition coefficient (Wildman–Crippen LogP) is 3.57. The number of aryl methyl sites for hydroxylation is 1. The number of piperazine rings is 1. The van der Waals surface area contributed by atoms with Crippen LogP contribution in [0.25, 0.3) is 22.0 Å². The maximum atomic E-state index is 11.9. The zero-order valence-corrected chi connectivity index (χ0v) is 17.0. The van der Waals surface area contributed by atoms with Crippen molar-refractivity contribution in [3.63, 3.8) is 0 Å². The van der Waals surface area contributed by atoms with Gasteiger partial charge in [-0.1, -0.05) is 24.8 Å². The lowest BCUT2D eigenvalue weighted by molar-refractivity contribution is -0.126. The molecule has 0 saturated carbocycles. The van der Waals surface area contributed by atoms with Crippen molar-refractivity contribution in [1.29, 1.82) is 0 Å². The van der Waals surface area contributed by atoms with Gasteiger partial charge in [0.05, 0.1) is 12.6 Å². The molecule has 6 nitrogen and oxygen atoms in total. The van der Waals surface area contributed by atoms with E-state index in [0.29, 0.717) is 13.1 Å². The van der Waals surface area contributed by atoms with Gasteiger partial charge in [0.2, 0.25) is 5.91 Å². The molecule has 0 spiro atoms. The van der Waals surface area contributed by atoms with Crippen molar-refractivity contribution in [2.75, 3.05) is 38.2 Å². The third-order valence-electron chi connectivity index (χ3n) is 5.48. The number of ether oxygens (including phenoxy) is 1. The summed E-state index contributed by atoms with van der Waals surface area (Å²) in [5.74, 6) is 1.97. The molecule has 1 fully saturated rings. The van der Waals surface area contributed by atoms with Crippen LogP contribution in [-0.4, -0.2) is 53.9 Å². The van der Waals surface area contributed by atoms with Crippen LogP contribution >= 0.6 is 0 Å². The fraction of sp³-hybridized carbons (Fsp3) is 0.304. The van der Waals surface area contributed by atoms with E-state index in [4.69, 9.17) is 9.84 Å². The molecule has 2 heterocycles. The van der Waals surface area contributed by atoms with Crippen LogP contribution in [0.5, 0.6) is 5.75 Å². The van der Waals surface area contributed by atoms with Crippen LogP contribution in [0.2, 0.25) is 0 Å². The van der Waals surface area contributed by atoms with E-state index < -0.39 is 0 Å². The van der Waals surface area contributed by atoms with Crippen molar-refractivity contribution in [1.82, 2.24) is 14.7 Å². The molecule has 0 N–H and O–H groups in total. The normalized spacial score (nSPS) is 14.3. The second-order valence-electron chi connectivity index (χ2n) is 7.12. The summed E-state index contributed by atoms with van der Waals surface area (Å²) in [6, 6.07) is 14.5. The lowest BCUT2D eigenvalue weighted by Gasteiger charge is -2.35. The fourth-order valence-corrected chi connectivity index (χ4v) is 3.92. The van der Waals surface area contributed by atoms with Crippen molar-refractivity contribution < 1.29 is 9.53 Å². The van der Waals surface area contributed by atoms with E-state index in [2.05, 4.69) is 47.3 Å². The molecule has 1 aliphatic heterocycles. The van der Waals surface area contributed by atoms with E-state index in [1.54, 1.807) is 7.11 Å². The number of nitrogens with zero attached hydrogens (tertiary/aromatic N) is 4. The van der Waals surface area contributed by atoms with E-state index in [0.717, 1.165) is 53.2 Å². The highest BCUT2D eigenvalue weighted by Gasteiger charge is 2.24. The second-order valence-corrected chi connectivity index (χ2v) is 7.12. The molecule has 1 amide bonds. The number of rotatable bonds is 5. The molecule has 1 saturated heterocycles. The first kappa shape index (κ1) is 19.1. The van der Waals surface area contributed by atoms with Crippen LogP contribution in [0.3, 0.4) is 0 Å². The number of hydrogen-bond acceptors (Lipinski definition) is 4. The maximum absolute atomic E-state index is 11.9. The molecule has 4 rings (SSSR count). The molecule has 1 aromatic heterocycles. The molecule has 0 aliphatic carbocycles. The minimum Gasteiger partial charge on any atom is -0.497 e. The van der Waals surface area contributed by atoms with Crippen LogP contribution < -0.4 is 9.64 Å². The zero-order chi connectivity index (χ0) is 20.4. The highest BCUT2D eigenvalue weighted by molar-refractivity contribution is 5.94. The summed E-state index contributed by atoms with van der Waals surface area (Å²) in [6.45, 7) is 9.47. The average molecular weight is 390 g/mol. The van der Waals surface area contributed by atoms with Gasteiger partial charge in [0.25, 0.3) is 0 Å². The van der Waals surface area contributed by atoms with Gasteiger partial charge < -0.3 is 14.5 Å². The molecule has 2 aromatic carbocycles. The first-order chi connectivity index (χ1) is 14.1. The van der Waals surface area contributed by atoms with Gasteiger partial charge >= 0.3 is 0 Å². The molecule has 6 heteroatoms. The molecule has 150 valence electrons. The zero-order valence-electron chi connectivity index (χ0n) is 17.0. The summed E-state index contributed by atoms with van der Waals surface area (Å²) in [7, 11) is 1.68. The number of methoxy groups -OCH3 is 1. The second kappa shape index (κ2) is 7.99. The monoisotopic (exact) mass is 390 g/mol. The Bertz CT molecular complexity index is 1050. The highest BCUT2D eigenvalue weighted by Crippen LogP contribution is 2.32. The minimum absolute atomic E-state index is 0.00133. The number of benzene rings is 2. The topological polar surface area (TPSA) is 50.6 Å². The van der Waals surface area contributed by atoms with Crippen LogP contribution in [0.4, 0.5) is 5.82 Å². The largest absolute Gasteiger partial charge is 0.497 e. The summed E-state index contributed by atoms with van der Waals surface area (Å²) >= 11 is 0. The lowest BCUT2D eigenvalue weighted by atomic mass is 10.0. The average Bonchev–Trinajstić information content (AvgIpc) is 3.16. The number of anilines is 1. The first-order valence-corrected chi connectivity index (χ1v) is 9.96. The minimum atomic E-state index is 0.00133. The third kappa shape index (κ3) is 3.58. The molecule has 29 heavy (non-hydrogen) atoms. The van der Waals surface area contributed by atoms with E-state index in [1.807, 2.05) is 23.1 Å². The number of fused-ring (bicyclic) bond motifs is 1. The molecular weight excluding hydrogens is 364 g/mol. The van der Waals surface area contributed by atoms with Gasteiger partial charge in [0.15, 0.2) is 0 Å². The Morgan fingerprint density at radius 2 is 1.90 bits per heavy atom. The van der Waals surface area contributed by atoms with Crippen molar-refractivity contribution in [3.8, 4) is 16.9 Å².